The summed E-state index contributed by atoms with van der Waals surface area (Å²) in [5.41, 5.74) is 5.54. The zero-order valence-electron chi connectivity index (χ0n) is 18.0. The van der Waals surface area contributed by atoms with Crippen LogP contribution in [0.4, 0.5) is 0 Å². The van der Waals surface area contributed by atoms with Crippen LogP contribution in [0.15, 0.2) is 12.5 Å². The number of hydrogen-bond donors (Lipinski definition) is 8. The highest BCUT2D eigenvalue weighted by Gasteiger charge is 2.34. The molecule has 0 saturated carbocycles. The van der Waals surface area contributed by atoms with Crippen molar-refractivity contribution in [1.82, 2.24) is 31.2 Å². The van der Waals surface area contributed by atoms with Crippen molar-refractivity contribution in [2.45, 2.75) is 62.9 Å². The molecule has 182 valence electrons. The van der Waals surface area contributed by atoms with Crippen molar-refractivity contribution in [2.24, 2.45) is 5.73 Å². The maximum absolute atomic E-state index is 13.0. The van der Waals surface area contributed by atoms with Gasteiger partial charge in [-0.15, -0.1) is 0 Å². The number of imidazole rings is 1. The second-order valence-electron chi connectivity index (χ2n) is 7.79. The summed E-state index contributed by atoms with van der Waals surface area (Å²) in [6.07, 6.45) is 2.24. The molecular formula is C19H29N7O7. The second kappa shape index (κ2) is 11.9. The van der Waals surface area contributed by atoms with Crippen LogP contribution in [-0.2, 0) is 30.4 Å². The summed E-state index contributed by atoms with van der Waals surface area (Å²) in [5, 5.41) is 29.3. The van der Waals surface area contributed by atoms with Gasteiger partial charge in [-0.25, -0.2) is 9.78 Å². The number of rotatable bonds is 12. The summed E-state index contributed by atoms with van der Waals surface area (Å²) >= 11 is 0. The lowest BCUT2D eigenvalue weighted by atomic mass is 10.1. The fourth-order valence-corrected chi connectivity index (χ4v) is 3.33. The third-order valence-electron chi connectivity index (χ3n) is 5.07. The first-order valence-electron chi connectivity index (χ1n) is 10.4. The minimum Gasteiger partial charge on any atom is -0.480 e. The highest BCUT2D eigenvalue weighted by atomic mass is 16.4. The zero-order valence-corrected chi connectivity index (χ0v) is 18.0. The Morgan fingerprint density at radius 1 is 1.18 bits per heavy atom. The number of nitrogens with one attached hydrogen (secondary N) is 5. The predicted octanol–water partition coefficient (Wildman–Crippen LogP) is -3.50. The monoisotopic (exact) mass is 467 g/mol. The van der Waals surface area contributed by atoms with E-state index < -0.39 is 66.3 Å². The van der Waals surface area contributed by atoms with E-state index in [1.54, 1.807) is 0 Å². The summed E-state index contributed by atoms with van der Waals surface area (Å²) in [5.74, 6) is -4.66. The van der Waals surface area contributed by atoms with Gasteiger partial charge in [-0.05, 0) is 26.3 Å². The number of carboxylic acid groups (broad SMARTS) is 1. The Bertz CT molecular complexity index is 853. The van der Waals surface area contributed by atoms with E-state index in [2.05, 4.69) is 31.2 Å². The number of carbonyl (C=O) groups is 5. The lowest BCUT2D eigenvalue weighted by molar-refractivity contribution is -0.144. The smallest absolute Gasteiger partial charge is 0.326 e. The number of aliphatic hydroxyl groups is 1. The summed E-state index contributed by atoms with van der Waals surface area (Å²) in [6.45, 7) is 1.90. The molecular weight excluding hydrogens is 438 g/mol. The van der Waals surface area contributed by atoms with Gasteiger partial charge in [-0.3, -0.25) is 19.2 Å². The molecule has 1 aliphatic rings. The molecule has 0 radical (unpaired) electrons. The van der Waals surface area contributed by atoms with Gasteiger partial charge in [-0.2, -0.15) is 0 Å². The molecule has 1 aromatic heterocycles. The number of aliphatic hydroxyl groups excluding tert-OH is 1. The van der Waals surface area contributed by atoms with E-state index >= 15 is 0 Å². The SMILES string of the molecule is CC(O)C(NC(=O)C(Cc1cnc[nH]1)NC(=O)C1CCCN1)C(=O)NC(CC(N)=O)C(=O)O. The fourth-order valence-electron chi connectivity index (χ4n) is 3.33. The van der Waals surface area contributed by atoms with Crippen LogP contribution in [0.5, 0.6) is 0 Å². The predicted molar refractivity (Wildman–Crippen MR) is 112 cm³/mol. The number of H-pyrrole nitrogens is 1. The van der Waals surface area contributed by atoms with Crippen molar-refractivity contribution in [3.8, 4) is 0 Å². The Hall–Kier alpha value is -3.52. The molecule has 14 nitrogen and oxygen atoms in total. The number of amides is 4. The van der Waals surface area contributed by atoms with Crippen molar-refractivity contribution in [2.75, 3.05) is 6.54 Å². The van der Waals surface area contributed by atoms with E-state index in [4.69, 9.17) is 5.73 Å². The molecule has 9 N–H and O–H groups in total. The van der Waals surface area contributed by atoms with Gasteiger partial charge >= 0.3 is 5.97 Å². The number of primary amides is 1. The molecule has 0 aromatic carbocycles. The third-order valence-corrected chi connectivity index (χ3v) is 5.07. The molecule has 2 heterocycles. The number of aromatic nitrogens is 2. The van der Waals surface area contributed by atoms with Gasteiger partial charge in [0.05, 0.1) is 24.9 Å². The third kappa shape index (κ3) is 7.84. The van der Waals surface area contributed by atoms with Crippen LogP contribution in [0, 0.1) is 0 Å². The Kier molecular flexibility index (Phi) is 9.30. The Balaban J connectivity index is 2.12. The standard InChI is InChI=1S/C19H29N7O7/c1-9(27)15(18(31)25-13(19(32)33)6-14(20)28)26-17(30)12(5-10-7-21-8-23-10)24-16(29)11-3-2-4-22-11/h7-9,11-13,15,22,27H,2-6H2,1H3,(H2,20,28)(H,21,23)(H,24,29)(H,25,31)(H,26,30)(H,32,33). The maximum Gasteiger partial charge on any atom is 0.326 e. The number of carbonyl (C=O) groups excluding carboxylic acids is 4. The highest BCUT2D eigenvalue weighted by molar-refractivity contribution is 5.95. The molecule has 1 saturated heterocycles. The van der Waals surface area contributed by atoms with Crippen LogP contribution < -0.4 is 27.0 Å². The Morgan fingerprint density at radius 3 is 2.42 bits per heavy atom. The van der Waals surface area contributed by atoms with Gasteiger partial charge in [0.2, 0.25) is 23.6 Å². The Morgan fingerprint density at radius 2 is 1.91 bits per heavy atom. The molecule has 1 aromatic rings. The van der Waals surface area contributed by atoms with Gasteiger partial charge in [-0.1, -0.05) is 0 Å². The largest absolute Gasteiger partial charge is 0.480 e. The van der Waals surface area contributed by atoms with Crippen molar-refractivity contribution >= 4 is 29.6 Å². The number of carboxylic acids is 1. The molecule has 14 heteroatoms. The van der Waals surface area contributed by atoms with Crippen LogP contribution in [0.1, 0.15) is 31.9 Å². The molecule has 5 atom stereocenters. The normalized spacial score (nSPS) is 19.0. The van der Waals surface area contributed by atoms with Crippen molar-refractivity contribution < 1.29 is 34.2 Å². The molecule has 33 heavy (non-hydrogen) atoms. The average Bonchev–Trinajstić information content (AvgIpc) is 3.44. The summed E-state index contributed by atoms with van der Waals surface area (Å²) in [6, 6.07) is -4.77. The maximum atomic E-state index is 13.0. The quantitative estimate of drug-likeness (QED) is 0.152. The van der Waals surface area contributed by atoms with E-state index in [1.807, 2.05) is 0 Å². The van der Waals surface area contributed by atoms with Crippen LogP contribution in [0.3, 0.4) is 0 Å². The minimum atomic E-state index is -1.64. The van der Waals surface area contributed by atoms with Crippen LogP contribution in [0.25, 0.3) is 0 Å². The van der Waals surface area contributed by atoms with Crippen molar-refractivity contribution in [3.63, 3.8) is 0 Å². The van der Waals surface area contributed by atoms with E-state index in [-0.39, 0.29) is 6.42 Å². The first kappa shape index (κ1) is 25.7. The number of nitrogens with zero attached hydrogens (tertiary/aromatic N) is 1. The van der Waals surface area contributed by atoms with Crippen molar-refractivity contribution in [1.29, 1.82) is 0 Å². The number of hydrogen-bond acceptors (Lipinski definition) is 8. The van der Waals surface area contributed by atoms with E-state index in [0.717, 1.165) is 6.42 Å². The number of aliphatic carboxylic acids is 1. The minimum absolute atomic E-state index is 0.0257. The van der Waals surface area contributed by atoms with Gasteiger partial charge in [0.1, 0.15) is 18.1 Å². The lowest BCUT2D eigenvalue weighted by Crippen LogP contribution is -2.60. The summed E-state index contributed by atoms with van der Waals surface area (Å²) < 4.78 is 0. The van der Waals surface area contributed by atoms with E-state index in [0.29, 0.717) is 18.7 Å². The second-order valence-corrected chi connectivity index (χ2v) is 7.79. The van der Waals surface area contributed by atoms with Gasteiger partial charge in [0, 0.05) is 18.3 Å². The molecule has 1 aliphatic heterocycles. The van der Waals surface area contributed by atoms with Crippen LogP contribution in [0.2, 0.25) is 0 Å². The van der Waals surface area contributed by atoms with Crippen LogP contribution in [-0.4, -0.2) is 86.6 Å². The molecule has 1 fully saturated rings. The van der Waals surface area contributed by atoms with Gasteiger partial charge in [0.25, 0.3) is 0 Å². The molecule has 0 bridgehead atoms. The molecule has 0 spiro atoms. The highest BCUT2D eigenvalue weighted by Crippen LogP contribution is 2.07. The van der Waals surface area contributed by atoms with Crippen molar-refractivity contribution in [3.05, 3.63) is 18.2 Å². The van der Waals surface area contributed by atoms with Gasteiger partial charge < -0.3 is 42.2 Å². The molecule has 5 unspecified atom stereocenters. The Labute approximate surface area is 189 Å². The molecule has 4 amide bonds. The first-order chi connectivity index (χ1) is 15.6. The van der Waals surface area contributed by atoms with E-state index in [9.17, 15) is 34.2 Å². The van der Waals surface area contributed by atoms with E-state index in [1.165, 1.54) is 19.4 Å². The van der Waals surface area contributed by atoms with Crippen LogP contribution >= 0.6 is 0 Å². The lowest BCUT2D eigenvalue weighted by Gasteiger charge is -2.26. The molecule has 2 rings (SSSR count). The van der Waals surface area contributed by atoms with Gasteiger partial charge in [0.15, 0.2) is 0 Å². The zero-order chi connectivity index (χ0) is 24.5. The summed E-state index contributed by atoms with van der Waals surface area (Å²) in [4.78, 5) is 67.1. The topological polar surface area (TPSA) is 229 Å². The fraction of sp³-hybridized carbons (Fsp3) is 0.579. The summed E-state index contributed by atoms with van der Waals surface area (Å²) in [7, 11) is 0. The average molecular weight is 467 g/mol. The number of nitrogens with two attached hydrogens (primary N) is 1. The molecule has 0 aliphatic carbocycles. The number of aromatic amines is 1. The first-order valence-corrected chi connectivity index (χ1v) is 10.4.